The lowest BCUT2D eigenvalue weighted by atomic mass is 9.33. The number of aliphatic hydroxyl groups excluding tert-OH is 3. The Balaban J connectivity index is 1.57. The summed E-state index contributed by atoms with van der Waals surface area (Å²) in [6.07, 6.45) is -3.16. The first kappa shape index (κ1) is 28.5. The first-order valence-electron chi connectivity index (χ1n) is 14.2. The number of Topliss-reactive ketones (excluding diaryl/α,β-unsaturated/α-hetero) is 2. The molecule has 13 atom stereocenters. The maximum Gasteiger partial charge on any atom is 0.303 e. The molecule has 11 heteroatoms. The average Bonchev–Trinajstić information content (AvgIpc) is 3.50. The number of carbonyl (C=O) groups excluding carboxylic acids is 4. The molecule has 1 aromatic heterocycles. The van der Waals surface area contributed by atoms with Crippen LogP contribution in [0.1, 0.15) is 65.4 Å². The lowest BCUT2D eigenvalue weighted by Crippen LogP contribution is -2.80. The lowest BCUT2D eigenvalue weighted by molar-refractivity contribution is -0.371. The van der Waals surface area contributed by atoms with Crippen LogP contribution in [0.3, 0.4) is 0 Å². The van der Waals surface area contributed by atoms with E-state index in [-0.39, 0.29) is 31.7 Å². The second-order valence-corrected chi connectivity index (χ2v) is 13.6. The van der Waals surface area contributed by atoms with Crippen LogP contribution in [0.25, 0.3) is 0 Å². The Kier molecular flexibility index (Phi) is 6.23. The molecule has 5 aliphatic rings. The van der Waals surface area contributed by atoms with Gasteiger partial charge in [-0.3, -0.25) is 19.2 Å². The van der Waals surface area contributed by atoms with Crippen molar-refractivity contribution < 1.29 is 53.1 Å². The second-order valence-electron chi connectivity index (χ2n) is 13.6. The van der Waals surface area contributed by atoms with E-state index < -0.39 is 93.8 Å². The second kappa shape index (κ2) is 8.95. The molecule has 3 N–H and O–H groups in total. The fourth-order valence-corrected chi connectivity index (χ4v) is 10.3. The topological polar surface area (TPSA) is 170 Å². The number of rotatable bonds is 3. The molecule has 2 bridgehead atoms. The van der Waals surface area contributed by atoms with Crippen LogP contribution in [0, 0.1) is 39.4 Å². The third kappa shape index (κ3) is 3.34. The minimum Gasteiger partial charge on any atom is -0.472 e. The van der Waals surface area contributed by atoms with Crippen molar-refractivity contribution in [3.63, 3.8) is 0 Å². The Labute approximate surface area is 237 Å². The number of esters is 2. The molecule has 2 heterocycles. The normalized spacial score (nSPS) is 50.4. The predicted molar refractivity (Wildman–Crippen MR) is 138 cm³/mol. The SMILES string of the molecule is CC(=O)O[C@@H]1C[C@H](O)[C@@]23CO[C@@H](O)C1(C)[C@@H]2C[C@@H](O)[C@@]1(C)[C@@H]2C(=O)C[C@@H](c4ccoc4)[C@@]2(C)[C@@H](OC(C)=O)C(=O)[C@@H]13. The van der Waals surface area contributed by atoms with E-state index in [0.717, 1.165) is 0 Å². The molecule has 11 nitrogen and oxygen atoms in total. The summed E-state index contributed by atoms with van der Waals surface area (Å²) < 4.78 is 22.6. The highest BCUT2D eigenvalue weighted by molar-refractivity contribution is 5.97. The first-order valence-corrected chi connectivity index (χ1v) is 14.2. The molecule has 5 fully saturated rings. The van der Waals surface area contributed by atoms with Gasteiger partial charge in [-0.25, -0.2) is 0 Å². The Morgan fingerprint density at radius 2 is 1.61 bits per heavy atom. The number of furan rings is 1. The predicted octanol–water partition coefficient (Wildman–Crippen LogP) is 1.51. The molecular formula is C30H38O11. The van der Waals surface area contributed by atoms with E-state index in [2.05, 4.69) is 0 Å². The van der Waals surface area contributed by atoms with Crippen LogP contribution < -0.4 is 0 Å². The highest BCUT2D eigenvalue weighted by atomic mass is 16.6. The highest BCUT2D eigenvalue weighted by Crippen LogP contribution is 2.75. The van der Waals surface area contributed by atoms with Gasteiger partial charge in [0.2, 0.25) is 0 Å². The van der Waals surface area contributed by atoms with Gasteiger partial charge < -0.3 is 33.9 Å². The molecule has 0 radical (unpaired) electrons. The summed E-state index contributed by atoms with van der Waals surface area (Å²) >= 11 is 0. The zero-order valence-corrected chi connectivity index (χ0v) is 23.9. The zero-order valence-electron chi connectivity index (χ0n) is 23.9. The van der Waals surface area contributed by atoms with Crippen molar-refractivity contribution in [1.29, 1.82) is 0 Å². The summed E-state index contributed by atoms with van der Waals surface area (Å²) in [7, 11) is 0. The zero-order chi connectivity index (χ0) is 29.9. The molecule has 224 valence electrons. The van der Waals surface area contributed by atoms with Gasteiger partial charge in [-0.1, -0.05) is 20.8 Å². The number of aliphatic hydroxyl groups is 3. The van der Waals surface area contributed by atoms with Gasteiger partial charge >= 0.3 is 11.9 Å². The smallest absolute Gasteiger partial charge is 0.303 e. The maximum atomic E-state index is 14.9. The van der Waals surface area contributed by atoms with Crippen LogP contribution in [0.2, 0.25) is 0 Å². The Morgan fingerprint density at radius 3 is 2.22 bits per heavy atom. The van der Waals surface area contributed by atoms with Crippen LogP contribution in [-0.2, 0) is 33.4 Å². The Bertz CT molecular complexity index is 1290. The molecule has 6 rings (SSSR count). The summed E-state index contributed by atoms with van der Waals surface area (Å²) in [6.45, 7) is 7.39. The number of ether oxygens (including phenoxy) is 3. The minimum atomic E-state index is -1.40. The van der Waals surface area contributed by atoms with Crippen LogP contribution in [0.4, 0.5) is 0 Å². The van der Waals surface area contributed by atoms with Crippen LogP contribution in [0.5, 0.6) is 0 Å². The molecule has 1 aliphatic heterocycles. The molecule has 0 aromatic carbocycles. The third-order valence-corrected chi connectivity index (χ3v) is 11.9. The van der Waals surface area contributed by atoms with Gasteiger partial charge in [0.1, 0.15) is 11.9 Å². The third-order valence-electron chi connectivity index (χ3n) is 11.9. The maximum absolute atomic E-state index is 14.9. The van der Waals surface area contributed by atoms with E-state index in [1.54, 1.807) is 26.8 Å². The molecule has 4 aliphatic carbocycles. The van der Waals surface area contributed by atoms with Crippen LogP contribution >= 0.6 is 0 Å². The quantitative estimate of drug-likeness (QED) is 0.447. The van der Waals surface area contributed by atoms with Gasteiger partial charge in [0.15, 0.2) is 18.2 Å². The number of hydrogen-bond donors (Lipinski definition) is 3. The van der Waals surface area contributed by atoms with E-state index in [0.29, 0.717) is 5.56 Å². The Morgan fingerprint density at radius 1 is 0.927 bits per heavy atom. The van der Waals surface area contributed by atoms with Gasteiger partial charge in [0, 0.05) is 60.7 Å². The molecule has 1 aromatic rings. The summed E-state index contributed by atoms with van der Waals surface area (Å²) in [5.74, 6) is -5.30. The fourth-order valence-electron chi connectivity index (χ4n) is 10.3. The van der Waals surface area contributed by atoms with E-state index >= 15 is 0 Å². The van der Waals surface area contributed by atoms with Crippen molar-refractivity contribution in [3.05, 3.63) is 24.2 Å². The standard InChI is InChI=1S/C30H38O11/c1-13(31)40-21-10-20(35)30-12-39-26(37)28(21,4)18(30)9-19(34)29(5)23-17(33)8-16(15-6-7-38-11-15)27(23,3)25(41-14(2)32)22(36)24(29)30/h6-7,11,16,18-21,23-26,34-35,37H,8-10,12H2,1-5H3/t16-,18-,19+,20-,21+,23+,24-,25-,26+,27+,28?,29-,30+/m0/s1. The summed E-state index contributed by atoms with van der Waals surface area (Å²) in [4.78, 5) is 53.5. The monoisotopic (exact) mass is 574 g/mol. The molecular weight excluding hydrogens is 536 g/mol. The minimum absolute atomic E-state index is 0.0283. The molecule has 1 saturated heterocycles. The molecule has 4 saturated carbocycles. The Hall–Kier alpha value is -2.60. The molecule has 41 heavy (non-hydrogen) atoms. The van der Waals surface area contributed by atoms with E-state index in [1.807, 2.05) is 0 Å². The number of fused-ring (bicyclic) bond motifs is 3. The summed E-state index contributed by atoms with van der Waals surface area (Å²) in [6, 6.07) is 1.73. The van der Waals surface area contributed by atoms with Crippen LogP contribution in [-0.4, -0.2) is 76.1 Å². The van der Waals surface area contributed by atoms with Gasteiger partial charge in [-0.05, 0) is 24.0 Å². The van der Waals surface area contributed by atoms with E-state index in [9.17, 15) is 34.5 Å². The van der Waals surface area contributed by atoms with Crippen molar-refractivity contribution in [3.8, 4) is 0 Å². The van der Waals surface area contributed by atoms with E-state index in [4.69, 9.17) is 18.6 Å². The van der Waals surface area contributed by atoms with Crippen LogP contribution in [0.15, 0.2) is 23.0 Å². The van der Waals surface area contributed by atoms with Gasteiger partial charge in [0.25, 0.3) is 0 Å². The number of hydrogen-bond acceptors (Lipinski definition) is 11. The summed E-state index contributed by atoms with van der Waals surface area (Å²) in [5, 5.41) is 35.1. The van der Waals surface area contributed by atoms with Crippen molar-refractivity contribution in [2.24, 2.45) is 39.4 Å². The molecule has 0 amide bonds. The van der Waals surface area contributed by atoms with Gasteiger partial charge in [-0.2, -0.15) is 0 Å². The lowest BCUT2D eigenvalue weighted by Gasteiger charge is -2.72. The largest absolute Gasteiger partial charge is 0.472 e. The average molecular weight is 575 g/mol. The van der Waals surface area contributed by atoms with Crippen molar-refractivity contribution in [1.82, 2.24) is 0 Å². The summed E-state index contributed by atoms with van der Waals surface area (Å²) in [5.41, 5.74) is -4.52. The fraction of sp³-hybridized carbons (Fsp3) is 0.733. The number of ketones is 2. The van der Waals surface area contributed by atoms with E-state index in [1.165, 1.54) is 26.4 Å². The van der Waals surface area contributed by atoms with Crippen molar-refractivity contribution in [2.45, 2.75) is 90.5 Å². The first-order chi connectivity index (χ1) is 19.2. The van der Waals surface area contributed by atoms with Gasteiger partial charge in [-0.15, -0.1) is 0 Å². The molecule has 0 spiro atoms. The van der Waals surface area contributed by atoms with Crippen molar-refractivity contribution >= 4 is 23.5 Å². The number of carbonyl (C=O) groups is 4. The molecule has 1 unspecified atom stereocenters. The van der Waals surface area contributed by atoms with Crippen molar-refractivity contribution in [2.75, 3.05) is 6.61 Å². The van der Waals surface area contributed by atoms with Gasteiger partial charge in [0.05, 0.1) is 36.8 Å². The highest BCUT2D eigenvalue weighted by Gasteiger charge is 2.82.